The zero-order valence-corrected chi connectivity index (χ0v) is 10.6. The monoisotopic (exact) mass is 268 g/mol. The molecule has 0 saturated carbocycles. The largest absolute Gasteiger partial charge is 0.496 e. The third-order valence-corrected chi connectivity index (χ3v) is 3.12. The van der Waals surface area contributed by atoms with Crippen LogP contribution in [0.3, 0.4) is 0 Å². The van der Waals surface area contributed by atoms with Gasteiger partial charge in [0.1, 0.15) is 10.9 Å². The maximum Gasteiger partial charge on any atom is 0.133 e. The molecule has 0 bridgehead atoms. The molecule has 0 saturated heterocycles. The van der Waals surface area contributed by atoms with Crippen molar-refractivity contribution >= 4 is 33.4 Å². The molecule has 0 atom stereocenters. The highest BCUT2D eigenvalue weighted by Gasteiger charge is 2.11. The molecule has 0 radical (unpaired) electrons. The first-order valence-electron chi connectivity index (χ1n) is 4.91. The summed E-state index contributed by atoms with van der Waals surface area (Å²) in [7, 11) is 1.59. The van der Waals surface area contributed by atoms with Gasteiger partial charge in [0.25, 0.3) is 0 Å². The SMILES string of the molecule is COc1ccccc1/C(Cl)=C(/Cl)n1ccnc1. The summed E-state index contributed by atoms with van der Waals surface area (Å²) in [4.78, 5) is 3.92. The number of benzene rings is 1. The smallest absolute Gasteiger partial charge is 0.133 e. The summed E-state index contributed by atoms with van der Waals surface area (Å²) in [6.07, 6.45) is 4.94. The second-order valence-corrected chi connectivity index (χ2v) is 4.01. The Morgan fingerprint density at radius 1 is 1.29 bits per heavy atom. The molecule has 0 spiro atoms. The number of para-hydroxylation sites is 1. The van der Waals surface area contributed by atoms with Crippen LogP contribution in [0.1, 0.15) is 5.56 Å². The first-order chi connectivity index (χ1) is 8.24. The van der Waals surface area contributed by atoms with Crippen molar-refractivity contribution in [2.75, 3.05) is 7.11 Å². The lowest BCUT2D eigenvalue weighted by molar-refractivity contribution is 0.414. The average molecular weight is 269 g/mol. The van der Waals surface area contributed by atoms with Gasteiger partial charge in [0.2, 0.25) is 0 Å². The van der Waals surface area contributed by atoms with Gasteiger partial charge >= 0.3 is 0 Å². The number of nitrogens with zero attached hydrogens (tertiary/aromatic N) is 2. The van der Waals surface area contributed by atoms with Crippen LogP contribution in [0.5, 0.6) is 5.75 Å². The van der Waals surface area contributed by atoms with Crippen LogP contribution >= 0.6 is 23.2 Å². The molecule has 1 aromatic heterocycles. The topological polar surface area (TPSA) is 27.1 Å². The lowest BCUT2D eigenvalue weighted by atomic mass is 10.2. The molecular weight excluding hydrogens is 259 g/mol. The molecule has 3 nitrogen and oxygen atoms in total. The predicted molar refractivity (Wildman–Crippen MR) is 70.0 cm³/mol. The fourth-order valence-electron chi connectivity index (χ4n) is 1.43. The number of aromatic nitrogens is 2. The van der Waals surface area contributed by atoms with E-state index in [1.165, 1.54) is 0 Å². The summed E-state index contributed by atoms with van der Waals surface area (Å²) in [6, 6.07) is 7.42. The Kier molecular flexibility index (Phi) is 3.71. The number of ether oxygens (including phenoxy) is 1. The zero-order chi connectivity index (χ0) is 12.3. The van der Waals surface area contributed by atoms with Gasteiger partial charge < -0.3 is 4.74 Å². The normalized spacial score (nSPS) is 12.2. The van der Waals surface area contributed by atoms with Crippen molar-refractivity contribution in [2.45, 2.75) is 0 Å². The Morgan fingerprint density at radius 2 is 2.06 bits per heavy atom. The summed E-state index contributed by atoms with van der Waals surface area (Å²) < 4.78 is 6.87. The van der Waals surface area contributed by atoms with Crippen molar-refractivity contribution in [3.8, 4) is 5.75 Å². The van der Waals surface area contributed by atoms with Gasteiger partial charge in [0, 0.05) is 18.0 Å². The molecule has 0 N–H and O–H groups in total. The molecule has 0 aliphatic carbocycles. The van der Waals surface area contributed by atoms with Crippen LogP contribution in [-0.2, 0) is 0 Å². The molecule has 88 valence electrons. The van der Waals surface area contributed by atoms with Crippen molar-refractivity contribution in [1.29, 1.82) is 0 Å². The van der Waals surface area contributed by atoms with Crippen molar-refractivity contribution in [3.05, 3.63) is 48.5 Å². The highest BCUT2D eigenvalue weighted by atomic mass is 35.5. The molecule has 1 heterocycles. The second-order valence-electron chi connectivity index (χ2n) is 3.28. The van der Waals surface area contributed by atoms with Crippen molar-refractivity contribution in [3.63, 3.8) is 0 Å². The van der Waals surface area contributed by atoms with Crippen LogP contribution < -0.4 is 4.74 Å². The fourth-order valence-corrected chi connectivity index (χ4v) is 1.88. The number of methoxy groups -OCH3 is 1. The van der Waals surface area contributed by atoms with Crippen LogP contribution in [0.2, 0.25) is 0 Å². The Bertz CT molecular complexity index is 535. The minimum absolute atomic E-state index is 0.383. The van der Waals surface area contributed by atoms with Gasteiger partial charge in [-0.05, 0) is 12.1 Å². The van der Waals surface area contributed by atoms with Crippen LogP contribution in [-0.4, -0.2) is 16.7 Å². The van der Waals surface area contributed by atoms with Gasteiger partial charge in [-0.2, -0.15) is 0 Å². The van der Waals surface area contributed by atoms with E-state index in [2.05, 4.69) is 4.98 Å². The van der Waals surface area contributed by atoms with Gasteiger partial charge in [-0.15, -0.1) is 0 Å². The van der Waals surface area contributed by atoms with Crippen LogP contribution in [0.25, 0.3) is 10.2 Å². The highest BCUT2D eigenvalue weighted by Crippen LogP contribution is 2.34. The molecule has 0 fully saturated rings. The van der Waals surface area contributed by atoms with E-state index in [0.29, 0.717) is 15.9 Å². The maximum atomic E-state index is 6.25. The number of imidazole rings is 1. The number of rotatable bonds is 3. The van der Waals surface area contributed by atoms with Crippen LogP contribution in [0.15, 0.2) is 43.0 Å². The number of hydrogen-bond donors (Lipinski definition) is 0. The van der Waals surface area contributed by atoms with E-state index in [9.17, 15) is 0 Å². The summed E-state index contributed by atoms with van der Waals surface area (Å²) in [5.74, 6) is 0.677. The van der Waals surface area contributed by atoms with E-state index in [4.69, 9.17) is 27.9 Å². The van der Waals surface area contributed by atoms with Gasteiger partial charge in [0.15, 0.2) is 0 Å². The number of halogens is 2. The highest BCUT2D eigenvalue weighted by molar-refractivity contribution is 6.63. The van der Waals surface area contributed by atoms with E-state index in [1.54, 1.807) is 30.4 Å². The maximum absolute atomic E-state index is 6.25. The summed E-state index contributed by atoms with van der Waals surface area (Å²) >= 11 is 12.4. The Morgan fingerprint density at radius 3 is 2.71 bits per heavy atom. The van der Waals surface area contributed by atoms with E-state index in [-0.39, 0.29) is 0 Å². The zero-order valence-electron chi connectivity index (χ0n) is 9.10. The summed E-state index contributed by atoms with van der Waals surface area (Å²) in [6.45, 7) is 0. The quantitative estimate of drug-likeness (QED) is 0.850. The van der Waals surface area contributed by atoms with Crippen LogP contribution in [0, 0.1) is 0 Å². The average Bonchev–Trinajstić information content (AvgIpc) is 2.90. The Hall–Kier alpha value is -1.45. The first kappa shape index (κ1) is 12.0. The molecule has 0 unspecified atom stereocenters. The molecule has 0 aliphatic rings. The van der Waals surface area contributed by atoms with Crippen molar-refractivity contribution < 1.29 is 4.74 Å². The number of hydrogen-bond acceptors (Lipinski definition) is 2. The molecular formula is C12H10Cl2N2O. The van der Waals surface area contributed by atoms with E-state index in [1.807, 2.05) is 24.3 Å². The van der Waals surface area contributed by atoms with E-state index < -0.39 is 0 Å². The molecule has 0 aliphatic heterocycles. The molecule has 2 aromatic rings. The van der Waals surface area contributed by atoms with E-state index in [0.717, 1.165) is 5.56 Å². The molecule has 5 heteroatoms. The lowest BCUT2D eigenvalue weighted by Crippen LogP contribution is -1.93. The molecule has 1 aromatic carbocycles. The minimum atomic E-state index is 0.383. The van der Waals surface area contributed by atoms with E-state index >= 15 is 0 Å². The third kappa shape index (κ3) is 2.46. The molecule has 2 rings (SSSR count). The summed E-state index contributed by atoms with van der Waals surface area (Å²) in [5, 5.41) is 0.802. The Labute approximate surface area is 109 Å². The van der Waals surface area contributed by atoms with Gasteiger partial charge in [0.05, 0.1) is 18.5 Å². The predicted octanol–water partition coefficient (Wildman–Crippen LogP) is 3.65. The standard InChI is InChI=1S/C12H10Cl2N2O/c1-17-10-5-3-2-4-9(10)11(13)12(14)16-7-6-15-8-16/h2-8H,1H3/b12-11+. The molecule has 0 amide bonds. The van der Waals surface area contributed by atoms with Crippen LogP contribution in [0.4, 0.5) is 0 Å². The summed E-state index contributed by atoms with van der Waals surface area (Å²) in [5.41, 5.74) is 0.746. The minimum Gasteiger partial charge on any atom is -0.496 e. The van der Waals surface area contributed by atoms with Gasteiger partial charge in [-0.1, -0.05) is 35.3 Å². The van der Waals surface area contributed by atoms with Gasteiger partial charge in [-0.3, -0.25) is 4.57 Å². The first-order valence-corrected chi connectivity index (χ1v) is 5.66. The van der Waals surface area contributed by atoms with Crippen molar-refractivity contribution in [2.24, 2.45) is 0 Å². The van der Waals surface area contributed by atoms with Gasteiger partial charge in [-0.25, -0.2) is 4.98 Å². The lowest BCUT2D eigenvalue weighted by Gasteiger charge is -2.09. The molecule has 17 heavy (non-hydrogen) atoms. The fraction of sp³-hybridized carbons (Fsp3) is 0.0833. The second kappa shape index (κ2) is 5.25. The van der Waals surface area contributed by atoms with Crippen molar-refractivity contribution in [1.82, 2.24) is 9.55 Å². The Balaban J connectivity index is 2.49. The third-order valence-electron chi connectivity index (χ3n) is 2.26.